The third kappa shape index (κ3) is 3.15. The number of nitrogens with zero attached hydrogens (tertiary/aromatic N) is 1. The van der Waals surface area contributed by atoms with Crippen LogP contribution in [0.1, 0.15) is 13.3 Å². The van der Waals surface area contributed by atoms with Crippen molar-refractivity contribution in [2.45, 2.75) is 25.4 Å². The van der Waals surface area contributed by atoms with Gasteiger partial charge in [0.05, 0.1) is 6.61 Å². The van der Waals surface area contributed by atoms with Crippen LogP contribution in [0, 0.1) is 0 Å². The van der Waals surface area contributed by atoms with Crippen molar-refractivity contribution in [2.24, 2.45) is 5.73 Å². The summed E-state index contributed by atoms with van der Waals surface area (Å²) in [5.74, 6) is 0.0398. The molecule has 0 aliphatic carbocycles. The zero-order valence-electron chi connectivity index (χ0n) is 9.53. The van der Waals surface area contributed by atoms with Crippen LogP contribution in [0.15, 0.2) is 0 Å². The molecule has 1 fully saturated rings. The number of ether oxygens (including phenoxy) is 1. The maximum Gasteiger partial charge on any atom is 0.238 e. The predicted molar refractivity (Wildman–Crippen MR) is 58.5 cm³/mol. The van der Waals surface area contributed by atoms with Crippen LogP contribution in [0.25, 0.3) is 0 Å². The number of hydrogen-bond donors (Lipinski definition) is 2. The van der Waals surface area contributed by atoms with Crippen molar-refractivity contribution >= 4 is 5.91 Å². The van der Waals surface area contributed by atoms with Gasteiger partial charge in [0.25, 0.3) is 0 Å². The van der Waals surface area contributed by atoms with E-state index in [0.717, 1.165) is 19.5 Å². The van der Waals surface area contributed by atoms with E-state index in [1.165, 1.54) is 0 Å². The Balaban J connectivity index is 2.67. The van der Waals surface area contributed by atoms with Gasteiger partial charge in [-0.3, -0.25) is 9.69 Å². The largest absolute Gasteiger partial charge is 0.383 e. The number of carbonyl (C=O) groups excluding carboxylic acids is 1. The van der Waals surface area contributed by atoms with Crippen LogP contribution in [-0.2, 0) is 9.53 Å². The maximum atomic E-state index is 11.7. The number of nitrogens with one attached hydrogen (secondary N) is 1. The number of carbonyl (C=O) groups is 1. The van der Waals surface area contributed by atoms with E-state index < -0.39 is 0 Å². The smallest absolute Gasteiger partial charge is 0.238 e. The number of hydrogen-bond acceptors (Lipinski definition) is 4. The van der Waals surface area contributed by atoms with Gasteiger partial charge in [0.2, 0.25) is 5.91 Å². The van der Waals surface area contributed by atoms with Crippen LogP contribution in [0.2, 0.25) is 0 Å². The molecule has 88 valence electrons. The Bertz CT molecular complexity index is 211. The third-order valence-corrected chi connectivity index (χ3v) is 2.91. The molecule has 0 radical (unpaired) electrons. The Morgan fingerprint density at radius 3 is 3.00 bits per heavy atom. The summed E-state index contributed by atoms with van der Waals surface area (Å²) >= 11 is 0. The highest BCUT2D eigenvalue weighted by Crippen LogP contribution is 2.11. The van der Waals surface area contributed by atoms with E-state index in [-0.39, 0.29) is 11.9 Å². The van der Waals surface area contributed by atoms with E-state index in [4.69, 9.17) is 10.5 Å². The summed E-state index contributed by atoms with van der Waals surface area (Å²) in [6.45, 7) is 4.61. The highest BCUT2D eigenvalue weighted by Gasteiger charge is 2.30. The Labute approximate surface area is 90.9 Å². The second-order valence-electron chi connectivity index (χ2n) is 3.91. The van der Waals surface area contributed by atoms with Gasteiger partial charge in [-0.15, -0.1) is 0 Å². The van der Waals surface area contributed by atoms with Gasteiger partial charge in [0, 0.05) is 32.8 Å². The van der Waals surface area contributed by atoms with Gasteiger partial charge in [-0.25, -0.2) is 0 Å². The van der Waals surface area contributed by atoms with Crippen LogP contribution in [0.4, 0.5) is 0 Å². The molecule has 5 nitrogen and oxygen atoms in total. The van der Waals surface area contributed by atoms with E-state index >= 15 is 0 Å². The van der Waals surface area contributed by atoms with Gasteiger partial charge in [0.1, 0.15) is 6.04 Å². The molecule has 15 heavy (non-hydrogen) atoms. The van der Waals surface area contributed by atoms with Crippen molar-refractivity contribution in [1.82, 2.24) is 10.2 Å². The molecule has 2 atom stereocenters. The molecule has 0 aromatic carbocycles. The SMILES string of the molecule is COCCN1C(C)CCNC(=O)C1CN. The average Bonchev–Trinajstić information content (AvgIpc) is 2.35. The summed E-state index contributed by atoms with van der Waals surface area (Å²) in [5, 5.41) is 2.88. The first-order chi connectivity index (χ1) is 7.20. The fraction of sp³-hybridized carbons (Fsp3) is 0.900. The zero-order chi connectivity index (χ0) is 11.3. The Morgan fingerprint density at radius 2 is 2.40 bits per heavy atom. The molecule has 0 aromatic heterocycles. The molecule has 1 amide bonds. The van der Waals surface area contributed by atoms with Crippen LogP contribution >= 0.6 is 0 Å². The van der Waals surface area contributed by atoms with Crippen molar-refractivity contribution in [3.8, 4) is 0 Å². The Kier molecular flexibility index (Phi) is 5.01. The summed E-state index contributed by atoms with van der Waals surface area (Å²) in [6, 6.07) is 0.158. The summed E-state index contributed by atoms with van der Waals surface area (Å²) in [4.78, 5) is 13.8. The summed E-state index contributed by atoms with van der Waals surface area (Å²) < 4.78 is 5.05. The summed E-state index contributed by atoms with van der Waals surface area (Å²) in [7, 11) is 1.67. The predicted octanol–water partition coefficient (Wildman–Crippen LogP) is -0.829. The number of nitrogens with two attached hydrogens (primary N) is 1. The lowest BCUT2D eigenvalue weighted by Crippen LogP contribution is -2.52. The van der Waals surface area contributed by atoms with Gasteiger partial charge in [0.15, 0.2) is 0 Å². The minimum Gasteiger partial charge on any atom is -0.383 e. The molecule has 0 aromatic rings. The van der Waals surface area contributed by atoms with Crippen LogP contribution in [0.3, 0.4) is 0 Å². The second kappa shape index (κ2) is 6.05. The minimum atomic E-state index is -0.211. The molecule has 0 saturated carbocycles. The maximum absolute atomic E-state index is 11.7. The van der Waals surface area contributed by atoms with Gasteiger partial charge < -0.3 is 15.8 Å². The molecule has 0 spiro atoms. The summed E-state index contributed by atoms with van der Waals surface area (Å²) in [6.07, 6.45) is 0.964. The van der Waals surface area contributed by atoms with E-state index in [2.05, 4.69) is 17.1 Å². The van der Waals surface area contributed by atoms with Crippen molar-refractivity contribution in [2.75, 3.05) is 33.4 Å². The molecule has 3 N–H and O–H groups in total. The second-order valence-corrected chi connectivity index (χ2v) is 3.91. The zero-order valence-corrected chi connectivity index (χ0v) is 9.53. The fourth-order valence-electron chi connectivity index (χ4n) is 1.96. The highest BCUT2D eigenvalue weighted by molar-refractivity contribution is 5.82. The normalized spacial score (nSPS) is 28.6. The molecule has 1 aliphatic rings. The molecule has 1 aliphatic heterocycles. The van der Waals surface area contributed by atoms with Crippen molar-refractivity contribution < 1.29 is 9.53 Å². The lowest BCUT2D eigenvalue weighted by Gasteiger charge is -2.31. The molecule has 0 bridgehead atoms. The molecule has 1 saturated heterocycles. The Hall–Kier alpha value is -0.650. The van der Waals surface area contributed by atoms with Crippen molar-refractivity contribution in [3.63, 3.8) is 0 Å². The molecule has 1 rings (SSSR count). The van der Waals surface area contributed by atoms with E-state index in [1.807, 2.05) is 0 Å². The first kappa shape index (κ1) is 12.4. The standard InChI is InChI=1S/C10H21N3O2/c1-8-3-4-12-10(14)9(7-11)13(8)5-6-15-2/h8-9H,3-7,11H2,1-2H3,(H,12,14). The molecular formula is C10H21N3O2. The van der Waals surface area contributed by atoms with Crippen LogP contribution in [-0.4, -0.2) is 56.2 Å². The van der Waals surface area contributed by atoms with Crippen LogP contribution in [0.5, 0.6) is 0 Å². The number of amides is 1. The monoisotopic (exact) mass is 215 g/mol. The van der Waals surface area contributed by atoms with Gasteiger partial charge in [-0.05, 0) is 13.3 Å². The molecule has 2 unspecified atom stereocenters. The molecular weight excluding hydrogens is 194 g/mol. The first-order valence-corrected chi connectivity index (χ1v) is 5.43. The quantitative estimate of drug-likeness (QED) is 0.642. The topological polar surface area (TPSA) is 67.6 Å². The Morgan fingerprint density at radius 1 is 1.67 bits per heavy atom. The molecule has 1 heterocycles. The van der Waals surface area contributed by atoms with E-state index in [0.29, 0.717) is 19.2 Å². The van der Waals surface area contributed by atoms with Crippen molar-refractivity contribution in [1.29, 1.82) is 0 Å². The van der Waals surface area contributed by atoms with E-state index in [1.54, 1.807) is 7.11 Å². The van der Waals surface area contributed by atoms with Crippen LogP contribution < -0.4 is 11.1 Å². The first-order valence-electron chi connectivity index (χ1n) is 5.43. The number of methoxy groups -OCH3 is 1. The van der Waals surface area contributed by atoms with Gasteiger partial charge in [-0.2, -0.15) is 0 Å². The van der Waals surface area contributed by atoms with Gasteiger partial charge >= 0.3 is 0 Å². The molecule has 5 heteroatoms. The minimum absolute atomic E-state index is 0.0398. The van der Waals surface area contributed by atoms with Crippen molar-refractivity contribution in [3.05, 3.63) is 0 Å². The lowest BCUT2D eigenvalue weighted by atomic mass is 10.1. The van der Waals surface area contributed by atoms with E-state index in [9.17, 15) is 4.79 Å². The average molecular weight is 215 g/mol. The highest BCUT2D eigenvalue weighted by atomic mass is 16.5. The lowest BCUT2D eigenvalue weighted by molar-refractivity contribution is -0.125. The summed E-state index contributed by atoms with van der Waals surface area (Å²) in [5.41, 5.74) is 5.64. The van der Waals surface area contributed by atoms with Gasteiger partial charge in [-0.1, -0.05) is 0 Å². The fourth-order valence-corrected chi connectivity index (χ4v) is 1.96. The number of rotatable bonds is 4. The third-order valence-electron chi connectivity index (χ3n) is 2.91.